The fourth-order valence-corrected chi connectivity index (χ4v) is 1.96. The van der Waals surface area contributed by atoms with Crippen molar-refractivity contribution in [3.05, 3.63) is 17.7 Å². The van der Waals surface area contributed by atoms with Gasteiger partial charge in [0.2, 0.25) is 11.0 Å². The summed E-state index contributed by atoms with van der Waals surface area (Å²) in [6.07, 6.45) is -4.60. The number of nitrogens with zero attached hydrogens (tertiary/aromatic N) is 4. The van der Waals surface area contributed by atoms with E-state index in [2.05, 4.69) is 30.5 Å². The maximum absolute atomic E-state index is 12.6. The van der Waals surface area contributed by atoms with Gasteiger partial charge in [0, 0.05) is 13.1 Å². The molecule has 0 saturated carbocycles. The number of nitrogens with one attached hydrogen (secondary N) is 2. The molecule has 0 unspecified atom stereocenters. The van der Waals surface area contributed by atoms with Gasteiger partial charge in [-0.2, -0.15) is 13.2 Å². The molecular formula is C9H9F3N6S. The first-order valence-electron chi connectivity index (χ1n) is 5.09. The van der Waals surface area contributed by atoms with E-state index in [-0.39, 0.29) is 10.8 Å². The Labute approximate surface area is 110 Å². The van der Waals surface area contributed by atoms with Crippen LogP contribution in [0.4, 0.5) is 19.0 Å². The van der Waals surface area contributed by atoms with E-state index < -0.39 is 12.0 Å². The van der Waals surface area contributed by atoms with Crippen molar-refractivity contribution < 1.29 is 13.2 Å². The molecule has 0 radical (unpaired) electrons. The Morgan fingerprint density at radius 3 is 2.53 bits per heavy atom. The minimum absolute atomic E-state index is 0.0806. The van der Waals surface area contributed by atoms with Crippen molar-refractivity contribution in [2.24, 2.45) is 0 Å². The molecular weight excluding hydrogens is 281 g/mol. The van der Waals surface area contributed by atoms with Crippen LogP contribution in [-0.2, 0) is 6.18 Å². The number of hydrogen-bond donors (Lipinski definition) is 2. The van der Waals surface area contributed by atoms with Crippen molar-refractivity contribution in [3.63, 3.8) is 0 Å². The largest absolute Gasteiger partial charge is 0.451 e. The summed E-state index contributed by atoms with van der Waals surface area (Å²) in [6, 6.07) is 1.39. The number of H-pyrrole nitrogens is 1. The van der Waals surface area contributed by atoms with Crippen molar-refractivity contribution in [3.8, 4) is 0 Å². The molecule has 0 saturated heterocycles. The first-order valence-corrected chi connectivity index (χ1v) is 5.91. The molecule has 0 aliphatic heterocycles. The third-order valence-corrected chi connectivity index (χ3v) is 2.77. The standard InChI is InChI=1S/C9H9F3N6S/c1-4-14-8(18-17-4)19-6-3-5(13-2)15-7(16-6)9(10,11)12/h3H,1-2H3,(H,13,15,16)(H,14,17,18). The molecule has 2 rings (SSSR count). The molecule has 2 heterocycles. The van der Waals surface area contributed by atoms with Crippen LogP contribution in [0.5, 0.6) is 0 Å². The molecule has 19 heavy (non-hydrogen) atoms. The van der Waals surface area contributed by atoms with Crippen LogP contribution in [0.3, 0.4) is 0 Å². The average Bonchev–Trinajstić information content (AvgIpc) is 2.73. The lowest BCUT2D eigenvalue weighted by Gasteiger charge is -2.08. The number of rotatable bonds is 3. The third-order valence-electron chi connectivity index (χ3n) is 1.98. The van der Waals surface area contributed by atoms with Gasteiger partial charge in [0.15, 0.2) is 0 Å². The minimum atomic E-state index is -4.60. The SMILES string of the molecule is CNc1cc(Sc2n[nH]c(C)n2)nc(C(F)(F)F)n1. The molecule has 2 aromatic rings. The maximum Gasteiger partial charge on any atom is 0.451 e. The van der Waals surface area contributed by atoms with Gasteiger partial charge in [0.05, 0.1) is 0 Å². The zero-order valence-electron chi connectivity index (χ0n) is 9.91. The monoisotopic (exact) mass is 290 g/mol. The average molecular weight is 290 g/mol. The van der Waals surface area contributed by atoms with Gasteiger partial charge in [-0.1, -0.05) is 0 Å². The molecule has 0 amide bonds. The number of aromatic nitrogens is 5. The second kappa shape index (κ2) is 5.03. The third kappa shape index (κ3) is 3.34. The van der Waals surface area contributed by atoms with Gasteiger partial charge in [-0.15, -0.1) is 5.10 Å². The minimum Gasteiger partial charge on any atom is -0.373 e. The topological polar surface area (TPSA) is 79.4 Å². The molecule has 0 fully saturated rings. The Kier molecular flexibility index (Phi) is 3.60. The summed E-state index contributed by atoms with van der Waals surface area (Å²) in [5, 5.41) is 9.39. The van der Waals surface area contributed by atoms with E-state index in [0.29, 0.717) is 11.0 Å². The zero-order valence-corrected chi connectivity index (χ0v) is 10.7. The summed E-state index contributed by atoms with van der Waals surface area (Å²) >= 11 is 0.924. The Balaban J connectivity index is 2.34. The molecule has 0 bridgehead atoms. The van der Waals surface area contributed by atoms with Crippen LogP contribution in [0.2, 0.25) is 0 Å². The Bertz CT molecular complexity index is 582. The van der Waals surface area contributed by atoms with E-state index in [1.807, 2.05) is 0 Å². The van der Waals surface area contributed by atoms with Gasteiger partial charge >= 0.3 is 6.18 Å². The molecule has 0 atom stereocenters. The second-order valence-electron chi connectivity index (χ2n) is 3.47. The number of halogens is 3. The van der Waals surface area contributed by atoms with Crippen molar-refractivity contribution in [1.29, 1.82) is 0 Å². The highest BCUT2D eigenvalue weighted by Crippen LogP contribution is 2.31. The number of aromatic amines is 1. The number of aryl methyl sites for hydroxylation is 1. The van der Waals surface area contributed by atoms with Crippen LogP contribution in [-0.4, -0.2) is 32.2 Å². The summed E-state index contributed by atoms with van der Waals surface area (Å²) in [6.45, 7) is 1.69. The lowest BCUT2D eigenvalue weighted by Crippen LogP contribution is -2.12. The Morgan fingerprint density at radius 1 is 1.26 bits per heavy atom. The first kappa shape index (κ1) is 13.6. The maximum atomic E-state index is 12.6. The fourth-order valence-electron chi connectivity index (χ4n) is 1.19. The highest BCUT2D eigenvalue weighted by molar-refractivity contribution is 7.99. The van der Waals surface area contributed by atoms with E-state index in [1.165, 1.54) is 13.1 Å². The van der Waals surface area contributed by atoms with Crippen LogP contribution in [0.1, 0.15) is 11.6 Å². The van der Waals surface area contributed by atoms with Gasteiger partial charge < -0.3 is 5.32 Å². The molecule has 6 nitrogen and oxygen atoms in total. The first-order chi connectivity index (χ1) is 8.88. The Morgan fingerprint density at radius 2 is 2.00 bits per heavy atom. The highest BCUT2D eigenvalue weighted by atomic mass is 32.2. The number of anilines is 1. The lowest BCUT2D eigenvalue weighted by molar-refractivity contribution is -0.145. The van der Waals surface area contributed by atoms with Crippen molar-refractivity contribution in [2.45, 2.75) is 23.3 Å². The second-order valence-corrected chi connectivity index (χ2v) is 4.46. The summed E-state index contributed by atoms with van der Waals surface area (Å²) in [5.74, 6) is -0.548. The quantitative estimate of drug-likeness (QED) is 0.843. The molecule has 102 valence electrons. The zero-order chi connectivity index (χ0) is 14.0. The van der Waals surface area contributed by atoms with Crippen molar-refractivity contribution >= 4 is 17.6 Å². The lowest BCUT2D eigenvalue weighted by atomic mass is 10.5. The molecule has 0 aliphatic carbocycles. The van der Waals surface area contributed by atoms with Crippen LogP contribution in [0.25, 0.3) is 0 Å². The van der Waals surface area contributed by atoms with Crippen LogP contribution in [0, 0.1) is 6.92 Å². The summed E-state index contributed by atoms with van der Waals surface area (Å²) in [7, 11) is 1.48. The molecule has 2 N–H and O–H groups in total. The summed E-state index contributed by atoms with van der Waals surface area (Å²) in [4.78, 5) is 10.8. The summed E-state index contributed by atoms with van der Waals surface area (Å²) in [5.41, 5.74) is 0. The van der Waals surface area contributed by atoms with Gasteiger partial charge in [-0.3, -0.25) is 5.10 Å². The van der Waals surface area contributed by atoms with E-state index in [4.69, 9.17) is 0 Å². The van der Waals surface area contributed by atoms with Gasteiger partial charge in [-0.05, 0) is 18.7 Å². The van der Waals surface area contributed by atoms with E-state index >= 15 is 0 Å². The smallest absolute Gasteiger partial charge is 0.373 e. The predicted molar refractivity (Wildman–Crippen MR) is 61.8 cm³/mol. The van der Waals surface area contributed by atoms with E-state index in [9.17, 15) is 13.2 Å². The van der Waals surface area contributed by atoms with Crippen LogP contribution in [0.15, 0.2) is 16.2 Å². The molecule has 2 aromatic heterocycles. The number of alkyl halides is 3. The molecule has 10 heteroatoms. The normalized spacial score (nSPS) is 11.6. The molecule has 0 aliphatic rings. The fraction of sp³-hybridized carbons (Fsp3) is 0.333. The summed E-state index contributed by atoms with van der Waals surface area (Å²) < 4.78 is 37.9. The van der Waals surface area contributed by atoms with E-state index in [0.717, 1.165) is 11.8 Å². The van der Waals surface area contributed by atoms with Crippen molar-refractivity contribution in [1.82, 2.24) is 25.1 Å². The predicted octanol–water partition coefficient (Wildman–Crippen LogP) is 2.11. The molecule has 0 spiro atoms. The van der Waals surface area contributed by atoms with Gasteiger partial charge in [0.1, 0.15) is 16.7 Å². The van der Waals surface area contributed by atoms with Crippen LogP contribution >= 0.6 is 11.8 Å². The number of hydrogen-bond acceptors (Lipinski definition) is 6. The van der Waals surface area contributed by atoms with Crippen molar-refractivity contribution in [2.75, 3.05) is 12.4 Å². The molecule has 0 aromatic carbocycles. The van der Waals surface area contributed by atoms with Crippen LogP contribution < -0.4 is 5.32 Å². The van der Waals surface area contributed by atoms with Gasteiger partial charge in [0.25, 0.3) is 0 Å². The van der Waals surface area contributed by atoms with Gasteiger partial charge in [-0.25, -0.2) is 15.0 Å². The van der Waals surface area contributed by atoms with E-state index in [1.54, 1.807) is 6.92 Å². The highest BCUT2D eigenvalue weighted by Gasteiger charge is 2.35. The Hall–Kier alpha value is -1.84.